The van der Waals surface area contributed by atoms with Crippen LogP contribution in [-0.4, -0.2) is 19.0 Å². The molecule has 5 nitrogen and oxygen atoms in total. The fraction of sp³-hybridized carbons (Fsp3) is 0.263. The SMILES string of the molecule is COc1ccc(NC(=O)C(CC(=O)[O-])C(C)c2ccccc2)cc1. The van der Waals surface area contributed by atoms with E-state index in [-0.39, 0.29) is 18.2 Å². The van der Waals surface area contributed by atoms with Crippen LogP contribution in [0.5, 0.6) is 5.75 Å². The van der Waals surface area contributed by atoms with Crippen LogP contribution in [0.25, 0.3) is 0 Å². The van der Waals surface area contributed by atoms with E-state index in [1.165, 1.54) is 0 Å². The van der Waals surface area contributed by atoms with E-state index in [9.17, 15) is 14.7 Å². The van der Waals surface area contributed by atoms with Crippen LogP contribution in [0.2, 0.25) is 0 Å². The first-order valence-electron chi connectivity index (χ1n) is 7.71. The minimum atomic E-state index is -1.24. The maximum Gasteiger partial charge on any atom is 0.228 e. The summed E-state index contributed by atoms with van der Waals surface area (Å²) in [6.45, 7) is 1.84. The number of hydrogen-bond acceptors (Lipinski definition) is 4. The van der Waals surface area contributed by atoms with Gasteiger partial charge in [-0.25, -0.2) is 0 Å². The lowest BCUT2D eigenvalue weighted by atomic mass is 9.84. The number of hydrogen-bond donors (Lipinski definition) is 1. The number of nitrogens with one attached hydrogen (secondary N) is 1. The van der Waals surface area contributed by atoms with Crippen molar-refractivity contribution in [2.24, 2.45) is 5.92 Å². The summed E-state index contributed by atoms with van der Waals surface area (Å²) in [5.41, 5.74) is 1.50. The Morgan fingerprint density at radius 3 is 2.25 bits per heavy atom. The molecule has 0 heterocycles. The number of carboxylic acids is 1. The molecule has 0 saturated carbocycles. The zero-order valence-electron chi connectivity index (χ0n) is 13.7. The van der Waals surface area contributed by atoms with Gasteiger partial charge in [0.05, 0.1) is 13.0 Å². The highest BCUT2D eigenvalue weighted by molar-refractivity contribution is 5.94. The van der Waals surface area contributed by atoms with Gasteiger partial charge in [-0.05, 0) is 42.2 Å². The lowest BCUT2D eigenvalue weighted by Gasteiger charge is -2.24. The number of carboxylic acid groups (broad SMARTS) is 1. The van der Waals surface area contributed by atoms with Crippen molar-refractivity contribution in [3.8, 4) is 5.75 Å². The van der Waals surface area contributed by atoms with Crippen LogP contribution in [0.15, 0.2) is 54.6 Å². The van der Waals surface area contributed by atoms with Crippen molar-refractivity contribution in [3.05, 3.63) is 60.2 Å². The summed E-state index contributed by atoms with van der Waals surface area (Å²) in [7, 11) is 1.56. The molecule has 0 bridgehead atoms. The van der Waals surface area contributed by atoms with Crippen LogP contribution in [-0.2, 0) is 9.59 Å². The second-order valence-electron chi connectivity index (χ2n) is 5.60. The van der Waals surface area contributed by atoms with E-state index in [0.717, 1.165) is 5.56 Å². The fourth-order valence-electron chi connectivity index (χ4n) is 2.57. The molecule has 0 fully saturated rings. The van der Waals surface area contributed by atoms with Gasteiger partial charge in [-0.2, -0.15) is 0 Å². The largest absolute Gasteiger partial charge is 0.550 e. The van der Waals surface area contributed by atoms with Crippen molar-refractivity contribution in [1.82, 2.24) is 0 Å². The molecule has 2 rings (SSSR count). The number of carbonyl (C=O) groups is 2. The van der Waals surface area contributed by atoms with Gasteiger partial charge in [0.1, 0.15) is 5.75 Å². The fourth-order valence-corrected chi connectivity index (χ4v) is 2.57. The Labute approximate surface area is 141 Å². The van der Waals surface area contributed by atoms with Gasteiger partial charge in [-0.1, -0.05) is 37.3 Å². The molecule has 0 aliphatic heterocycles. The number of ether oxygens (including phenoxy) is 1. The van der Waals surface area contributed by atoms with Gasteiger partial charge in [0.25, 0.3) is 0 Å². The first-order chi connectivity index (χ1) is 11.5. The Morgan fingerprint density at radius 1 is 1.08 bits per heavy atom. The Kier molecular flexibility index (Phi) is 5.95. The zero-order chi connectivity index (χ0) is 17.5. The first-order valence-corrected chi connectivity index (χ1v) is 7.71. The van der Waals surface area contributed by atoms with Crippen LogP contribution >= 0.6 is 0 Å². The van der Waals surface area contributed by atoms with E-state index in [2.05, 4.69) is 5.32 Å². The van der Waals surface area contributed by atoms with Gasteiger partial charge in [-0.3, -0.25) is 4.79 Å². The number of methoxy groups -OCH3 is 1. The summed E-state index contributed by atoms with van der Waals surface area (Å²) in [5, 5.41) is 13.8. The highest BCUT2D eigenvalue weighted by Crippen LogP contribution is 2.28. The molecule has 24 heavy (non-hydrogen) atoms. The van der Waals surface area contributed by atoms with E-state index in [0.29, 0.717) is 11.4 Å². The Balaban J connectivity index is 2.16. The van der Waals surface area contributed by atoms with Crippen LogP contribution in [0.4, 0.5) is 5.69 Å². The predicted octanol–water partition coefficient (Wildman–Crippen LogP) is 2.19. The van der Waals surface area contributed by atoms with Gasteiger partial charge in [0, 0.05) is 11.7 Å². The van der Waals surface area contributed by atoms with Gasteiger partial charge < -0.3 is 20.0 Å². The van der Waals surface area contributed by atoms with Crippen molar-refractivity contribution >= 4 is 17.6 Å². The summed E-state index contributed by atoms with van der Waals surface area (Å²) in [5.74, 6) is -1.88. The lowest BCUT2D eigenvalue weighted by molar-refractivity contribution is -0.306. The van der Waals surface area contributed by atoms with Crippen LogP contribution in [0, 0.1) is 5.92 Å². The van der Waals surface area contributed by atoms with E-state index in [1.807, 2.05) is 37.3 Å². The third-order valence-electron chi connectivity index (χ3n) is 4.01. The molecular formula is C19H20NO4-. The van der Waals surface area contributed by atoms with E-state index in [1.54, 1.807) is 31.4 Å². The summed E-state index contributed by atoms with van der Waals surface area (Å²) in [6, 6.07) is 16.2. The maximum absolute atomic E-state index is 12.6. The minimum Gasteiger partial charge on any atom is -0.550 e. The quantitative estimate of drug-likeness (QED) is 0.846. The molecule has 0 spiro atoms. The number of anilines is 1. The molecule has 0 aromatic heterocycles. The van der Waals surface area contributed by atoms with Crippen molar-refractivity contribution in [3.63, 3.8) is 0 Å². The molecule has 2 unspecified atom stereocenters. The van der Waals surface area contributed by atoms with Crippen LogP contribution in [0.1, 0.15) is 24.8 Å². The highest BCUT2D eigenvalue weighted by Gasteiger charge is 2.26. The second-order valence-corrected chi connectivity index (χ2v) is 5.60. The Hall–Kier alpha value is -2.82. The molecule has 1 amide bonds. The molecule has 0 aliphatic carbocycles. The minimum absolute atomic E-state index is 0.248. The average Bonchev–Trinajstić information content (AvgIpc) is 2.60. The molecule has 2 aromatic carbocycles. The predicted molar refractivity (Wildman–Crippen MR) is 89.6 cm³/mol. The van der Waals surface area contributed by atoms with Crippen LogP contribution < -0.4 is 15.2 Å². The summed E-state index contributed by atoms with van der Waals surface area (Å²) >= 11 is 0. The molecule has 0 radical (unpaired) electrons. The van der Waals surface area contributed by atoms with Crippen molar-refractivity contribution < 1.29 is 19.4 Å². The maximum atomic E-state index is 12.6. The summed E-state index contributed by atoms with van der Waals surface area (Å²) < 4.78 is 5.07. The molecule has 2 aromatic rings. The highest BCUT2D eigenvalue weighted by atomic mass is 16.5. The topological polar surface area (TPSA) is 78.5 Å². The molecule has 0 saturated heterocycles. The van der Waals surface area contributed by atoms with Gasteiger partial charge in [0.15, 0.2) is 0 Å². The zero-order valence-corrected chi connectivity index (χ0v) is 13.7. The van der Waals surface area contributed by atoms with Crippen molar-refractivity contribution in [1.29, 1.82) is 0 Å². The monoisotopic (exact) mass is 326 g/mol. The normalized spacial score (nSPS) is 12.9. The molecule has 126 valence electrons. The number of aliphatic carboxylic acids is 1. The summed E-state index contributed by atoms with van der Waals surface area (Å²) in [4.78, 5) is 23.7. The van der Waals surface area contributed by atoms with Gasteiger partial charge >= 0.3 is 0 Å². The number of carbonyl (C=O) groups excluding carboxylic acids is 2. The number of rotatable bonds is 7. The van der Waals surface area contributed by atoms with E-state index >= 15 is 0 Å². The standard InChI is InChI=1S/C19H21NO4/c1-13(14-6-4-3-5-7-14)17(12-18(21)22)19(23)20-15-8-10-16(24-2)11-9-15/h3-11,13,17H,12H2,1-2H3,(H,20,23)(H,21,22)/p-1. The van der Waals surface area contributed by atoms with Crippen molar-refractivity contribution in [2.45, 2.75) is 19.3 Å². The molecule has 5 heteroatoms. The third kappa shape index (κ3) is 4.59. The Bertz CT molecular complexity index is 682. The first kappa shape index (κ1) is 17.5. The smallest absolute Gasteiger partial charge is 0.228 e. The van der Waals surface area contributed by atoms with Gasteiger partial charge in [0.2, 0.25) is 5.91 Å². The molecule has 1 N–H and O–H groups in total. The number of benzene rings is 2. The molecule has 2 atom stereocenters. The van der Waals surface area contributed by atoms with Crippen LogP contribution in [0.3, 0.4) is 0 Å². The second kappa shape index (κ2) is 8.15. The number of amides is 1. The third-order valence-corrected chi connectivity index (χ3v) is 4.01. The van der Waals surface area contributed by atoms with Gasteiger partial charge in [-0.15, -0.1) is 0 Å². The lowest BCUT2D eigenvalue weighted by Crippen LogP contribution is -2.34. The molecule has 0 aliphatic rings. The van der Waals surface area contributed by atoms with E-state index in [4.69, 9.17) is 4.74 Å². The Morgan fingerprint density at radius 2 is 1.71 bits per heavy atom. The van der Waals surface area contributed by atoms with Crippen molar-refractivity contribution in [2.75, 3.05) is 12.4 Å². The summed E-state index contributed by atoms with van der Waals surface area (Å²) in [6.07, 6.45) is -0.335. The van der Waals surface area contributed by atoms with E-state index < -0.39 is 11.9 Å². The average molecular weight is 326 g/mol. The molecular weight excluding hydrogens is 306 g/mol.